The van der Waals surface area contributed by atoms with Crippen LogP contribution in [0, 0.1) is 16.5 Å². The van der Waals surface area contributed by atoms with Crippen LogP contribution in [0.2, 0.25) is 0 Å². The van der Waals surface area contributed by atoms with Crippen molar-refractivity contribution < 1.29 is 9.63 Å². The molecule has 2 aliphatic rings. The highest BCUT2D eigenvalue weighted by Crippen LogP contribution is 2.62. The predicted molar refractivity (Wildman–Crippen MR) is 81.3 cm³/mol. The number of hydrogen-bond acceptors (Lipinski definition) is 3. The molecule has 1 heterocycles. The van der Waals surface area contributed by atoms with Crippen LogP contribution in [0.25, 0.3) is 0 Å². The van der Waals surface area contributed by atoms with E-state index in [4.69, 9.17) is 17.1 Å². The van der Waals surface area contributed by atoms with E-state index in [1.807, 2.05) is 6.07 Å². The average Bonchev–Trinajstić information content (AvgIpc) is 2.99. The molecule has 2 aliphatic carbocycles. The number of pyridine rings is 1. The molecule has 106 valence electrons. The molecule has 0 aliphatic heterocycles. The highest BCUT2D eigenvalue weighted by molar-refractivity contribution is 7.71. The standard InChI is InChI=1S/C17H15NO2S/c19-16(20-18-8-4-3-7-15(18)21)10-14-13-9-11-5-1-2-6-12(11)17(13)14/h1-8,13-14,17H,9-10H2/t13-,14+,17-/m1/s1. The first-order valence-corrected chi connectivity index (χ1v) is 7.61. The van der Waals surface area contributed by atoms with Gasteiger partial charge in [0, 0.05) is 6.20 Å². The normalized spacial score (nSPS) is 25.0. The van der Waals surface area contributed by atoms with Gasteiger partial charge in [0.05, 0.1) is 6.42 Å². The van der Waals surface area contributed by atoms with Crippen LogP contribution < -0.4 is 4.84 Å². The lowest BCUT2D eigenvalue weighted by molar-refractivity contribution is -0.145. The second-order valence-corrected chi connectivity index (χ2v) is 6.21. The summed E-state index contributed by atoms with van der Waals surface area (Å²) < 4.78 is 1.87. The Morgan fingerprint density at radius 2 is 2.05 bits per heavy atom. The molecular formula is C17H15NO2S. The topological polar surface area (TPSA) is 31.2 Å². The minimum atomic E-state index is -0.200. The van der Waals surface area contributed by atoms with E-state index in [-0.39, 0.29) is 5.97 Å². The Balaban J connectivity index is 1.42. The van der Waals surface area contributed by atoms with Crippen molar-refractivity contribution in [2.75, 3.05) is 0 Å². The number of rotatable bonds is 3. The van der Waals surface area contributed by atoms with Gasteiger partial charge in [0.15, 0.2) is 0 Å². The van der Waals surface area contributed by atoms with Crippen molar-refractivity contribution in [2.24, 2.45) is 11.8 Å². The van der Waals surface area contributed by atoms with Crippen molar-refractivity contribution in [2.45, 2.75) is 18.8 Å². The van der Waals surface area contributed by atoms with Crippen LogP contribution in [-0.4, -0.2) is 10.7 Å². The molecule has 1 fully saturated rings. The zero-order valence-corrected chi connectivity index (χ0v) is 12.3. The SMILES string of the molecule is O=C(C[C@H]1[C@H]2Cc3ccccc3[C@H]21)On1ccccc1=S. The van der Waals surface area contributed by atoms with Crippen LogP contribution >= 0.6 is 12.2 Å². The van der Waals surface area contributed by atoms with Gasteiger partial charge in [0.1, 0.15) is 4.64 Å². The Bertz CT molecular complexity index is 767. The van der Waals surface area contributed by atoms with Crippen molar-refractivity contribution in [1.82, 2.24) is 4.73 Å². The number of fused-ring (bicyclic) bond motifs is 3. The monoisotopic (exact) mass is 297 g/mol. The van der Waals surface area contributed by atoms with Crippen molar-refractivity contribution in [1.29, 1.82) is 0 Å². The molecule has 0 spiro atoms. The lowest BCUT2D eigenvalue weighted by Gasteiger charge is -2.09. The van der Waals surface area contributed by atoms with Crippen molar-refractivity contribution in [3.05, 3.63) is 64.4 Å². The van der Waals surface area contributed by atoms with Crippen LogP contribution in [0.1, 0.15) is 23.5 Å². The maximum absolute atomic E-state index is 12.1. The van der Waals surface area contributed by atoms with Gasteiger partial charge in [0.25, 0.3) is 0 Å². The fraction of sp³-hybridized carbons (Fsp3) is 0.294. The zero-order chi connectivity index (χ0) is 14.4. The van der Waals surface area contributed by atoms with Gasteiger partial charge in [-0.15, -0.1) is 0 Å². The minimum Gasteiger partial charge on any atom is -0.336 e. The van der Waals surface area contributed by atoms with E-state index in [9.17, 15) is 4.79 Å². The molecular weight excluding hydrogens is 282 g/mol. The molecule has 0 saturated heterocycles. The maximum atomic E-state index is 12.1. The molecule has 0 N–H and O–H groups in total. The van der Waals surface area contributed by atoms with Crippen LogP contribution in [0.15, 0.2) is 48.7 Å². The van der Waals surface area contributed by atoms with Crippen LogP contribution in [-0.2, 0) is 11.2 Å². The lowest BCUT2D eigenvalue weighted by atomic mass is 10.0. The van der Waals surface area contributed by atoms with Crippen LogP contribution in [0.3, 0.4) is 0 Å². The van der Waals surface area contributed by atoms with Gasteiger partial charge in [-0.3, -0.25) is 0 Å². The predicted octanol–water partition coefficient (Wildman–Crippen LogP) is 3.15. The van der Waals surface area contributed by atoms with E-state index in [1.165, 1.54) is 15.9 Å². The smallest absolute Gasteiger partial charge is 0.333 e. The second-order valence-electron chi connectivity index (χ2n) is 5.79. The lowest BCUT2D eigenvalue weighted by Crippen LogP contribution is -2.21. The molecule has 0 unspecified atom stereocenters. The number of carbonyl (C=O) groups excluding carboxylic acids is 1. The molecule has 3 atom stereocenters. The number of nitrogens with zero attached hydrogens (tertiary/aromatic N) is 1. The molecule has 1 saturated carbocycles. The first kappa shape index (κ1) is 12.8. The minimum absolute atomic E-state index is 0.200. The van der Waals surface area contributed by atoms with Gasteiger partial charge in [-0.05, 0) is 47.4 Å². The third-order valence-corrected chi connectivity index (χ3v) is 4.91. The van der Waals surface area contributed by atoms with Crippen LogP contribution in [0.4, 0.5) is 0 Å². The van der Waals surface area contributed by atoms with Crippen molar-refractivity contribution in [3.8, 4) is 0 Å². The summed E-state index contributed by atoms with van der Waals surface area (Å²) in [4.78, 5) is 17.4. The Hall–Kier alpha value is -1.94. The van der Waals surface area contributed by atoms with E-state index < -0.39 is 0 Å². The summed E-state index contributed by atoms with van der Waals surface area (Å²) in [7, 11) is 0. The van der Waals surface area contributed by atoms with Gasteiger partial charge >= 0.3 is 5.97 Å². The molecule has 4 rings (SSSR count). The molecule has 4 heteroatoms. The van der Waals surface area contributed by atoms with E-state index in [0.717, 1.165) is 6.42 Å². The molecule has 0 amide bonds. The van der Waals surface area contributed by atoms with Gasteiger partial charge in [0.2, 0.25) is 0 Å². The fourth-order valence-electron chi connectivity index (χ4n) is 3.59. The Labute approximate surface area is 128 Å². The van der Waals surface area contributed by atoms with Gasteiger partial charge < -0.3 is 4.84 Å². The first-order valence-electron chi connectivity index (χ1n) is 7.21. The number of benzene rings is 1. The third kappa shape index (κ3) is 2.20. The fourth-order valence-corrected chi connectivity index (χ4v) is 3.77. The number of hydrogen-bond donors (Lipinski definition) is 0. The van der Waals surface area contributed by atoms with E-state index in [1.54, 1.807) is 18.3 Å². The molecule has 2 aromatic rings. The van der Waals surface area contributed by atoms with Crippen molar-refractivity contribution >= 4 is 18.2 Å². The Morgan fingerprint density at radius 1 is 1.24 bits per heavy atom. The van der Waals surface area contributed by atoms with Crippen LogP contribution in [0.5, 0.6) is 0 Å². The van der Waals surface area contributed by atoms with Gasteiger partial charge in [-0.1, -0.05) is 42.5 Å². The molecule has 21 heavy (non-hydrogen) atoms. The van der Waals surface area contributed by atoms with E-state index in [0.29, 0.717) is 28.8 Å². The molecule has 0 bridgehead atoms. The Morgan fingerprint density at radius 3 is 2.90 bits per heavy atom. The molecule has 1 aromatic heterocycles. The molecule has 0 radical (unpaired) electrons. The summed E-state index contributed by atoms with van der Waals surface area (Å²) in [6, 6.07) is 13.9. The van der Waals surface area contributed by atoms with E-state index >= 15 is 0 Å². The third-order valence-electron chi connectivity index (χ3n) is 4.59. The first-order chi connectivity index (χ1) is 10.2. The summed E-state index contributed by atoms with van der Waals surface area (Å²) in [6.07, 6.45) is 3.24. The second kappa shape index (κ2) is 4.81. The summed E-state index contributed by atoms with van der Waals surface area (Å²) in [5.74, 6) is 1.41. The number of aromatic nitrogens is 1. The molecule has 1 aromatic carbocycles. The molecule has 3 nitrogen and oxygen atoms in total. The summed E-state index contributed by atoms with van der Waals surface area (Å²) in [5.41, 5.74) is 2.87. The zero-order valence-electron chi connectivity index (χ0n) is 11.4. The highest BCUT2D eigenvalue weighted by Gasteiger charge is 2.55. The quantitative estimate of drug-likeness (QED) is 0.816. The summed E-state index contributed by atoms with van der Waals surface area (Å²) in [5, 5.41) is 0. The largest absolute Gasteiger partial charge is 0.336 e. The number of carbonyl (C=O) groups is 1. The summed E-state index contributed by atoms with van der Waals surface area (Å²) in [6.45, 7) is 0. The highest BCUT2D eigenvalue weighted by atomic mass is 32.1. The van der Waals surface area contributed by atoms with E-state index in [2.05, 4.69) is 24.3 Å². The van der Waals surface area contributed by atoms with Crippen molar-refractivity contribution in [3.63, 3.8) is 0 Å². The van der Waals surface area contributed by atoms with Gasteiger partial charge in [-0.2, -0.15) is 4.73 Å². The average molecular weight is 297 g/mol. The summed E-state index contributed by atoms with van der Waals surface area (Å²) >= 11 is 5.12. The maximum Gasteiger partial charge on any atom is 0.333 e. The Kier molecular flexibility index (Phi) is 2.93. The van der Waals surface area contributed by atoms with Gasteiger partial charge in [-0.25, -0.2) is 4.79 Å².